The van der Waals surface area contributed by atoms with E-state index >= 15 is 0 Å². The monoisotopic (exact) mass is 900 g/mol. The van der Waals surface area contributed by atoms with E-state index in [4.69, 9.17) is 0 Å². The standard InChI is InChI=1S/C68H56N2/c1-5-48-34-38-54(39-35-48)69(52-26-14-8-15-27-52)56-42-44-62-64(46-56)66(60-32-20-18-30-58(60)49-22-10-6-11-23-49)63-45-43-57(47-65(63)67(62)61-33-21-19-31-59(61)50-24-12-7-13-25-50)70(53-28-16-9-17-29-53)55-40-36-51(37-41-55)68(2,3)4/h6-47H,5H2,1-4H3. The molecule has 11 aromatic rings. The van der Waals surface area contributed by atoms with Gasteiger partial charge < -0.3 is 9.80 Å². The molecule has 0 saturated heterocycles. The fourth-order valence-electron chi connectivity index (χ4n) is 10.2. The summed E-state index contributed by atoms with van der Waals surface area (Å²) in [4.78, 5) is 4.81. The van der Waals surface area contributed by atoms with Crippen molar-refractivity contribution in [2.75, 3.05) is 9.80 Å². The summed E-state index contributed by atoms with van der Waals surface area (Å²) in [5.74, 6) is 0. The minimum Gasteiger partial charge on any atom is -0.310 e. The van der Waals surface area contributed by atoms with Crippen molar-refractivity contribution in [1.82, 2.24) is 0 Å². The van der Waals surface area contributed by atoms with E-state index in [-0.39, 0.29) is 5.41 Å². The Morgan fingerprint density at radius 1 is 0.300 bits per heavy atom. The van der Waals surface area contributed by atoms with Crippen molar-refractivity contribution in [3.8, 4) is 44.5 Å². The zero-order valence-electron chi connectivity index (χ0n) is 40.4. The first-order chi connectivity index (χ1) is 34.3. The third-order valence-corrected chi connectivity index (χ3v) is 13.8. The molecule has 0 radical (unpaired) electrons. The number of aryl methyl sites for hydroxylation is 1. The van der Waals surface area contributed by atoms with E-state index in [1.807, 2.05) is 0 Å². The predicted molar refractivity (Wildman–Crippen MR) is 301 cm³/mol. The first-order valence-electron chi connectivity index (χ1n) is 24.6. The molecular weight excluding hydrogens is 845 g/mol. The average Bonchev–Trinajstić information content (AvgIpc) is 3.41. The molecule has 0 heterocycles. The molecule has 11 rings (SSSR count). The largest absolute Gasteiger partial charge is 0.310 e. The van der Waals surface area contributed by atoms with Gasteiger partial charge in [0.15, 0.2) is 0 Å². The van der Waals surface area contributed by atoms with E-state index in [1.54, 1.807) is 0 Å². The minimum absolute atomic E-state index is 0.0330. The Kier molecular flexibility index (Phi) is 11.9. The summed E-state index contributed by atoms with van der Waals surface area (Å²) in [6, 6.07) is 93.7. The van der Waals surface area contributed by atoms with Gasteiger partial charge in [0.05, 0.1) is 0 Å². The van der Waals surface area contributed by atoms with Crippen molar-refractivity contribution in [3.05, 3.63) is 266 Å². The maximum atomic E-state index is 2.45. The molecule has 0 aliphatic rings. The Morgan fingerprint density at radius 3 is 1.01 bits per heavy atom. The number of para-hydroxylation sites is 2. The smallest absolute Gasteiger partial charge is 0.0468 e. The Labute approximate surface area is 413 Å². The van der Waals surface area contributed by atoms with Crippen molar-refractivity contribution < 1.29 is 0 Å². The van der Waals surface area contributed by atoms with Gasteiger partial charge in [0, 0.05) is 34.1 Å². The number of hydrogen-bond acceptors (Lipinski definition) is 2. The maximum absolute atomic E-state index is 2.45. The zero-order valence-corrected chi connectivity index (χ0v) is 40.4. The van der Waals surface area contributed by atoms with E-state index in [0.717, 1.165) is 40.5 Å². The first-order valence-corrected chi connectivity index (χ1v) is 24.6. The fraction of sp³-hybridized carbons (Fsp3) is 0.0882. The number of rotatable bonds is 11. The van der Waals surface area contributed by atoms with Crippen LogP contribution in [0.2, 0.25) is 0 Å². The Hall–Kier alpha value is -8.46. The van der Waals surface area contributed by atoms with Gasteiger partial charge in [-0.25, -0.2) is 0 Å². The van der Waals surface area contributed by atoms with Crippen LogP contribution in [0.1, 0.15) is 38.8 Å². The summed E-state index contributed by atoms with van der Waals surface area (Å²) < 4.78 is 0. The topological polar surface area (TPSA) is 6.48 Å². The van der Waals surface area contributed by atoms with Gasteiger partial charge in [-0.3, -0.25) is 0 Å². The predicted octanol–water partition coefficient (Wildman–Crippen LogP) is 19.5. The van der Waals surface area contributed by atoms with Crippen LogP contribution in [0.5, 0.6) is 0 Å². The number of fused-ring (bicyclic) bond motifs is 2. The zero-order chi connectivity index (χ0) is 47.6. The van der Waals surface area contributed by atoms with Crippen LogP contribution in [0.3, 0.4) is 0 Å². The number of hydrogen-bond donors (Lipinski definition) is 0. The lowest BCUT2D eigenvalue weighted by Gasteiger charge is -2.29. The summed E-state index contributed by atoms with van der Waals surface area (Å²) in [6.07, 6.45) is 0.986. The Bertz CT molecular complexity index is 3580. The van der Waals surface area contributed by atoms with Gasteiger partial charge in [-0.1, -0.05) is 210 Å². The van der Waals surface area contributed by atoms with E-state index < -0.39 is 0 Å². The van der Waals surface area contributed by atoms with Gasteiger partial charge in [-0.15, -0.1) is 0 Å². The summed E-state index contributed by atoms with van der Waals surface area (Å²) >= 11 is 0. The molecular formula is C68H56N2. The van der Waals surface area contributed by atoms with Crippen LogP contribution in [-0.4, -0.2) is 0 Å². The Balaban J connectivity index is 1.27. The van der Waals surface area contributed by atoms with E-state index in [0.29, 0.717) is 0 Å². The van der Waals surface area contributed by atoms with Crippen LogP contribution in [0.25, 0.3) is 66.1 Å². The lowest BCUT2D eigenvalue weighted by atomic mass is 9.82. The average molecular weight is 901 g/mol. The van der Waals surface area contributed by atoms with Crippen LogP contribution < -0.4 is 9.80 Å². The SMILES string of the molecule is CCc1ccc(N(c2ccccc2)c2ccc3c(-c4ccccc4-c4ccccc4)c4cc(N(c5ccccc5)c5ccc(C(C)(C)C)cc5)ccc4c(-c4ccccc4-c4ccccc4)c3c2)cc1. The number of nitrogens with zero attached hydrogens (tertiary/aromatic N) is 2. The van der Waals surface area contributed by atoms with Crippen LogP contribution >= 0.6 is 0 Å². The second-order valence-electron chi connectivity index (χ2n) is 19.2. The molecule has 0 spiro atoms. The second kappa shape index (κ2) is 18.9. The quantitative estimate of drug-likeness (QED) is 0.119. The number of anilines is 6. The lowest BCUT2D eigenvalue weighted by Crippen LogP contribution is -2.13. The highest BCUT2D eigenvalue weighted by molar-refractivity contribution is 6.24. The van der Waals surface area contributed by atoms with E-state index in [2.05, 4.69) is 292 Å². The van der Waals surface area contributed by atoms with Crippen molar-refractivity contribution >= 4 is 55.7 Å². The molecule has 0 saturated carbocycles. The molecule has 0 unspecified atom stereocenters. The molecule has 0 bridgehead atoms. The highest BCUT2D eigenvalue weighted by Gasteiger charge is 2.25. The molecule has 70 heavy (non-hydrogen) atoms. The molecule has 0 atom stereocenters. The maximum Gasteiger partial charge on any atom is 0.0468 e. The molecule has 0 N–H and O–H groups in total. The molecule has 338 valence electrons. The van der Waals surface area contributed by atoms with Gasteiger partial charge in [0.1, 0.15) is 0 Å². The van der Waals surface area contributed by atoms with E-state index in [1.165, 1.54) is 77.2 Å². The third-order valence-electron chi connectivity index (χ3n) is 13.8. The van der Waals surface area contributed by atoms with Gasteiger partial charge in [0.2, 0.25) is 0 Å². The molecule has 11 aromatic carbocycles. The van der Waals surface area contributed by atoms with Crippen molar-refractivity contribution in [1.29, 1.82) is 0 Å². The minimum atomic E-state index is 0.0330. The van der Waals surface area contributed by atoms with Gasteiger partial charge in [0.25, 0.3) is 0 Å². The van der Waals surface area contributed by atoms with Crippen molar-refractivity contribution in [2.24, 2.45) is 0 Å². The third kappa shape index (κ3) is 8.43. The van der Waals surface area contributed by atoms with Crippen LogP contribution in [0.4, 0.5) is 34.1 Å². The van der Waals surface area contributed by atoms with Gasteiger partial charge >= 0.3 is 0 Å². The summed E-state index contributed by atoms with van der Waals surface area (Å²) in [5.41, 5.74) is 18.8. The summed E-state index contributed by atoms with van der Waals surface area (Å²) in [5, 5.41) is 4.73. The van der Waals surface area contributed by atoms with E-state index in [9.17, 15) is 0 Å². The fourth-order valence-corrected chi connectivity index (χ4v) is 10.2. The summed E-state index contributed by atoms with van der Waals surface area (Å²) in [7, 11) is 0. The molecule has 2 heteroatoms. The number of benzene rings is 11. The van der Waals surface area contributed by atoms with Gasteiger partial charge in [-0.05, 0) is 162 Å². The van der Waals surface area contributed by atoms with Crippen LogP contribution in [0.15, 0.2) is 255 Å². The highest BCUT2D eigenvalue weighted by Crippen LogP contribution is 2.51. The second-order valence-corrected chi connectivity index (χ2v) is 19.2. The Morgan fingerprint density at radius 2 is 0.629 bits per heavy atom. The molecule has 2 nitrogen and oxygen atoms in total. The van der Waals surface area contributed by atoms with Gasteiger partial charge in [-0.2, -0.15) is 0 Å². The van der Waals surface area contributed by atoms with Crippen LogP contribution in [-0.2, 0) is 11.8 Å². The van der Waals surface area contributed by atoms with Crippen molar-refractivity contribution in [3.63, 3.8) is 0 Å². The highest BCUT2D eigenvalue weighted by atomic mass is 15.1. The first kappa shape index (κ1) is 44.1. The van der Waals surface area contributed by atoms with Crippen molar-refractivity contribution in [2.45, 2.75) is 39.5 Å². The molecule has 0 amide bonds. The van der Waals surface area contributed by atoms with Crippen LogP contribution in [0, 0.1) is 0 Å². The molecule has 0 fully saturated rings. The molecule has 0 aliphatic heterocycles. The molecule has 0 aromatic heterocycles. The lowest BCUT2D eigenvalue weighted by molar-refractivity contribution is 0.590. The molecule has 0 aliphatic carbocycles. The summed E-state index contributed by atoms with van der Waals surface area (Å²) in [6.45, 7) is 9.04. The normalized spacial score (nSPS) is 11.5.